The topological polar surface area (TPSA) is 52.5 Å². The monoisotopic (exact) mass is 376 g/mol. The fourth-order valence-electron chi connectivity index (χ4n) is 4.16. The highest BCUT2D eigenvalue weighted by Gasteiger charge is 2.27. The zero-order valence-electron chi connectivity index (χ0n) is 16.5. The van der Waals surface area contributed by atoms with E-state index in [1.165, 1.54) is 10.9 Å². The molecule has 1 aliphatic heterocycles. The van der Waals surface area contributed by atoms with Crippen LogP contribution in [0.5, 0.6) is 0 Å². The summed E-state index contributed by atoms with van der Waals surface area (Å²) < 4.78 is 0. The fourth-order valence-corrected chi connectivity index (χ4v) is 4.16. The molecule has 0 spiro atoms. The molecule has 5 heteroatoms. The number of fused-ring (bicyclic) bond motifs is 1. The lowest BCUT2D eigenvalue weighted by Gasteiger charge is -2.41. The summed E-state index contributed by atoms with van der Waals surface area (Å²) in [6, 6.07) is 17.1. The molecule has 0 saturated carbocycles. The molecule has 1 saturated heterocycles. The van der Waals surface area contributed by atoms with Crippen LogP contribution >= 0.6 is 0 Å². The van der Waals surface area contributed by atoms with Crippen LogP contribution < -0.4 is 0 Å². The smallest absolute Gasteiger partial charge is 0.0746 e. The van der Waals surface area contributed by atoms with E-state index in [2.05, 4.69) is 56.2 Å². The Labute approximate surface area is 166 Å². The number of piperazine rings is 1. The van der Waals surface area contributed by atoms with E-state index in [0.717, 1.165) is 56.0 Å². The SMILES string of the molecule is Cc1cccc(CN2CCN(Cc3cccc4cccnc34)CC2CCO)n1. The van der Waals surface area contributed by atoms with Crippen LogP contribution in [0.15, 0.2) is 54.7 Å². The zero-order valence-corrected chi connectivity index (χ0v) is 16.5. The maximum atomic E-state index is 9.59. The Hall–Kier alpha value is -2.34. The third kappa shape index (κ3) is 4.38. The Morgan fingerprint density at radius 1 is 1.04 bits per heavy atom. The number of rotatable bonds is 6. The lowest BCUT2D eigenvalue weighted by molar-refractivity contribution is 0.0493. The van der Waals surface area contributed by atoms with Gasteiger partial charge in [-0.25, -0.2) is 0 Å². The molecule has 0 aliphatic carbocycles. The second kappa shape index (κ2) is 8.78. The van der Waals surface area contributed by atoms with Crippen LogP contribution in [0.4, 0.5) is 0 Å². The number of aliphatic hydroxyl groups excluding tert-OH is 1. The molecule has 4 rings (SSSR count). The van der Waals surface area contributed by atoms with Gasteiger partial charge in [0.2, 0.25) is 0 Å². The summed E-state index contributed by atoms with van der Waals surface area (Å²) >= 11 is 0. The second-order valence-corrected chi connectivity index (χ2v) is 7.63. The van der Waals surface area contributed by atoms with E-state index >= 15 is 0 Å². The van der Waals surface area contributed by atoms with Crippen LogP contribution in [0.3, 0.4) is 0 Å². The number of aliphatic hydroxyl groups is 1. The quantitative estimate of drug-likeness (QED) is 0.717. The van der Waals surface area contributed by atoms with E-state index in [-0.39, 0.29) is 6.61 Å². The Morgan fingerprint density at radius 2 is 1.89 bits per heavy atom. The summed E-state index contributed by atoms with van der Waals surface area (Å²) in [4.78, 5) is 14.2. The average Bonchev–Trinajstić information content (AvgIpc) is 2.70. The van der Waals surface area contributed by atoms with E-state index in [0.29, 0.717) is 6.04 Å². The molecule has 1 fully saturated rings. The van der Waals surface area contributed by atoms with Crippen molar-refractivity contribution in [3.63, 3.8) is 0 Å². The lowest BCUT2D eigenvalue weighted by Crippen LogP contribution is -2.52. The fraction of sp³-hybridized carbons (Fsp3) is 0.391. The Balaban J connectivity index is 1.46. The predicted molar refractivity (Wildman–Crippen MR) is 112 cm³/mol. The Morgan fingerprint density at radius 3 is 2.75 bits per heavy atom. The van der Waals surface area contributed by atoms with Gasteiger partial charge in [0.15, 0.2) is 0 Å². The first-order valence-electron chi connectivity index (χ1n) is 10.1. The van der Waals surface area contributed by atoms with Crippen molar-refractivity contribution in [2.75, 3.05) is 26.2 Å². The van der Waals surface area contributed by atoms with Gasteiger partial charge in [-0.3, -0.25) is 19.8 Å². The van der Waals surface area contributed by atoms with Crippen LogP contribution in [0.1, 0.15) is 23.4 Å². The van der Waals surface area contributed by atoms with Gasteiger partial charge in [-0.2, -0.15) is 0 Å². The van der Waals surface area contributed by atoms with E-state index in [9.17, 15) is 5.11 Å². The number of hydrogen-bond acceptors (Lipinski definition) is 5. The van der Waals surface area contributed by atoms with E-state index in [1.54, 1.807) is 0 Å². The largest absolute Gasteiger partial charge is 0.396 e. The van der Waals surface area contributed by atoms with E-state index in [1.807, 2.05) is 25.3 Å². The van der Waals surface area contributed by atoms with Gasteiger partial charge in [0, 0.05) is 62.6 Å². The summed E-state index contributed by atoms with van der Waals surface area (Å²) in [5, 5.41) is 10.8. The molecule has 5 nitrogen and oxygen atoms in total. The molecule has 0 amide bonds. The minimum atomic E-state index is 0.214. The van der Waals surface area contributed by atoms with Gasteiger partial charge >= 0.3 is 0 Å². The number of aryl methyl sites for hydroxylation is 1. The normalized spacial score (nSPS) is 18.6. The second-order valence-electron chi connectivity index (χ2n) is 7.63. The maximum absolute atomic E-state index is 9.59. The number of aromatic nitrogens is 2. The Bertz CT molecular complexity index is 924. The number of hydrogen-bond donors (Lipinski definition) is 1. The standard InChI is InChI=1S/C23H28N4O/c1-18-5-2-9-21(25-18)16-27-13-12-26(17-22(27)10-14-28)15-20-7-3-6-19-8-4-11-24-23(19)20/h2-9,11,22,28H,10,12-17H2,1H3. The highest BCUT2D eigenvalue weighted by Crippen LogP contribution is 2.21. The molecule has 1 unspecified atom stereocenters. The van der Waals surface area contributed by atoms with Gasteiger partial charge in [0.05, 0.1) is 11.2 Å². The molecule has 1 N–H and O–H groups in total. The summed E-state index contributed by atoms with van der Waals surface area (Å²) in [6.07, 6.45) is 2.66. The van der Waals surface area contributed by atoms with E-state index in [4.69, 9.17) is 0 Å². The summed E-state index contributed by atoms with van der Waals surface area (Å²) in [5.41, 5.74) is 4.53. The van der Waals surface area contributed by atoms with Gasteiger partial charge in [0.25, 0.3) is 0 Å². The molecule has 146 valence electrons. The average molecular weight is 377 g/mol. The van der Waals surface area contributed by atoms with Crippen LogP contribution in [-0.4, -0.2) is 57.2 Å². The number of para-hydroxylation sites is 1. The molecule has 2 aromatic heterocycles. The minimum absolute atomic E-state index is 0.214. The third-order valence-corrected chi connectivity index (χ3v) is 5.57. The first-order valence-corrected chi connectivity index (χ1v) is 10.1. The Kier molecular flexibility index (Phi) is 5.95. The van der Waals surface area contributed by atoms with Gasteiger partial charge in [-0.05, 0) is 37.1 Å². The summed E-state index contributed by atoms with van der Waals surface area (Å²) in [7, 11) is 0. The van der Waals surface area contributed by atoms with Crippen LogP contribution in [0.2, 0.25) is 0 Å². The van der Waals surface area contributed by atoms with Crippen molar-refractivity contribution in [3.05, 3.63) is 71.7 Å². The van der Waals surface area contributed by atoms with Crippen LogP contribution in [-0.2, 0) is 13.1 Å². The molecule has 3 heterocycles. The molecular formula is C23H28N4O. The van der Waals surface area contributed by atoms with Crippen molar-refractivity contribution in [1.82, 2.24) is 19.8 Å². The van der Waals surface area contributed by atoms with Crippen molar-refractivity contribution in [2.45, 2.75) is 32.5 Å². The molecule has 1 atom stereocenters. The molecule has 1 aromatic carbocycles. The molecule has 0 radical (unpaired) electrons. The maximum Gasteiger partial charge on any atom is 0.0746 e. The van der Waals surface area contributed by atoms with Crippen molar-refractivity contribution < 1.29 is 5.11 Å². The minimum Gasteiger partial charge on any atom is -0.396 e. The van der Waals surface area contributed by atoms with Gasteiger partial charge < -0.3 is 5.11 Å². The molecule has 28 heavy (non-hydrogen) atoms. The summed E-state index contributed by atoms with van der Waals surface area (Å²) in [6.45, 7) is 6.94. The lowest BCUT2D eigenvalue weighted by atomic mass is 10.1. The first kappa shape index (κ1) is 19.0. The van der Waals surface area contributed by atoms with Crippen molar-refractivity contribution in [2.24, 2.45) is 0 Å². The zero-order chi connectivity index (χ0) is 19.3. The van der Waals surface area contributed by atoms with Crippen molar-refractivity contribution in [3.8, 4) is 0 Å². The first-order chi connectivity index (χ1) is 13.7. The number of nitrogens with zero attached hydrogens (tertiary/aromatic N) is 4. The van der Waals surface area contributed by atoms with Crippen molar-refractivity contribution in [1.29, 1.82) is 0 Å². The highest BCUT2D eigenvalue weighted by molar-refractivity contribution is 5.81. The molecule has 3 aromatic rings. The molecule has 1 aliphatic rings. The highest BCUT2D eigenvalue weighted by atomic mass is 16.3. The van der Waals surface area contributed by atoms with Gasteiger partial charge in [-0.15, -0.1) is 0 Å². The number of benzene rings is 1. The molecule has 0 bridgehead atoms. The number of pyridine rings is 2. The van der Waals surface area contributed by atoms with Crippen LogP contribution in [0, 0.1) is 6.92 Å². The van der Waals surface area contributed by atoms with Gasteiger partial charge in [-0.1, -0.05) is 30.3 Å². The van der Waals surface area contributed by atoms with Crippen LogP contribution in [0.25, 0.3) is 10.9 Å². The third-order valence-electron chi connectivity index (χ3n) is 5.57. The summed E-state index contributed by atoms with van der Waals surface area (Å²) in [5.74, 6) is 0. The predicted octanol–water partition coefficient (Wildman–Crippen LogP) is 3.01. The molecular weight excluding hydrogens is 348 g/mol. The van der Waals surface area contributed by atoms with Crippen molar-refractivity contribution >= 4 is 10.9 Å². The van der Waals surface area contributed by atoms with E-state index < -0.39 is 0 Å². The van der Waals surface area contributed by atoms with Gasteiger partial charge in [0.1, 0.15) is 0 Å².